The molecule has 4 rings (SSSR count). The zero-order chi connectivity index (χ0) is 22.0. The van der Waals surface area contributed by atoms with Gasteiger partial charge in [0.1, 0.15) is 6.61 Å². The molecule has 3 aromatic rings. The number of fused-ring (bicyclic) bond motifs is 3. The normalized spacial score (nSPS) is 13.2. The van der Waals surface area contributed by atoms with Gasteiger partial charge in [-0.2, -0.15) is 0 Å². The molecule has 1 aliphatic rings. The zero-order valence-electron chi connectivity index (χ0n) is 16.3. The van der Waals surface area contributed by atoms with E-state index in [0.717, 1.165) is 22.3 Å². The van der Waals surface area contributed by atoms with Crippen LogP contribution in [0.2, 0.25) is 10.0 Å². The average Bonchev–Trinajstić information content (AvgIpc) is 3.05. The Morgan fingerprint density at radius 2 is 1.58 bits per heavy atom. The maximum atomic E-state index is 12.6. The van der Waals surface area contributed by atoms with Crippen molar-refractivity contribution in [3.8, 4) is 11.1 Å². The highest BCUT2D eigenvalue weighted by Crippen LogP contribution is 2.44. The second kappa shape index (κ2) is 9.00. The molecule has 0 bridgehead atoms. The lowest BCUT2D eigenvalue weighted by Crippen LogP contribution is -2.35. The number of aliphatic carboxylic acids is 1. The van der Waals surface area contributed by atoms with Crippen LogP contribution in [0.5, 0.6) is 0 Å². The third-order valence-corrected chi connectivity index (χ3v) is 5.91. The lowest BCUT2D eigenvalue weighted by Gasteiger charge is -2.22. The number of carbonyl (C=O) groups excluding carboxylic acids is 2. The van der Waals surface area contributed by atoms with Crippen LogP contribution >= 0.6 is 23.2 Å². The summed E-state index contributed by atoms with van der Waals surface area (Å²) in [5.41, 5.74) is 4.83. The number of hydrogen-bond donors (Lipinski definition) is 1. The summed E-state index contributed by atoms with van der Waals surface area (Å²) in [6.45, 7) is 0.117. The molecule has 1 amide bonds. The van der Waals surface area contributed by atoms with E-state index in [-0.39, 0.29) is 17.5 Å². The molecule has 7 heteroatoms. The molecule has 0 unspecified atom stereocenters. The molecule has 0 saturated carbocycles. The Labute approximate surface area is 189 Å². The zero-order valence-corrected chi connectivity index (χ0v) is 17.8. The van der Waals surface area contributed by atoms with E-state index in [1.165, 1.54) is 6.07 Å². The molecule has 0 fully saturated rings. The van der Waals surface area contributed by atoms with Crippen molar-refractivity contribution in [1.29, 1.82) is 0 Å². The fraction of sp³-hybridized carbons (Fsp3) is 0.167. The van der Waals surface area contributed by atoms with E-state index in [1.807, 2.05) is 48.5 Å². The van der Waals surface area contributed by atoms with Crippen LogP contribution in [0.1, 0.15) is 35.1 Å². The second-order valence-corrected chi connectivity index (χ2v) is 8.11. The van der Waals surface area contributed by atoms with Gasteiger partial charge in [0.25, 0.3) is 0 Å². The SMILES string of the molecule is O=C([O-])C[C@@H](NC(=O)OCC1c2ccccc2-c2ccccc21)c1ccc(Cl)cc1Cl. The third-order valence-electron chi connectivity index (χ3n) is 5.34. The Kier molecular flexibility index (Phi) is 6.16. The number of rotatable bonds is 6. The summed E-state index contributed by atoms with van der Waals surface area (Å²) in [6.07, 6.45) is -1.19. The lowest BCUT2D eigenvalue weighted by atomic mass is 9.98. The molecule has 1 N–H and O–H groups in total. The second-order valence-electron chi connectivity index (χ2n) is 7.26. The van der Waals surface area contributed by atoms with Crippen LogP contribution in [0.25, 0.3) is 11.1 Å². The molecular formula is C24H18Cl2NO4-. The van der Waals surface area contributed by atoms with Gasteiger partial charge < -0.3 is 20.0 Å². The van der Waals surface area contributed by atoms with E-state index in [4.69, 9.17) is 27.9 Å². The Bertz CT molecular complexity index is 1100. The maximum absolute atomic E-state index is 12.6. The summed E-state index contributed by atoms with van der Waals surface area (Å²) in [7, 11) is 0. The van der Waals surface area contributed by atoms with E-state index < -0.39 is 24.5 Å². The van der Waals surface area contributed by atoms with Crippen LogP contribution in [0.3, 0.4) is 0 Å². The molecule has 31 heavy (non-hydrogen) atoms. The van der Waals surface area contributed by atoms with E-state index in [1.54, 1.807) is 12.1 Å². The third kappa shape index (κ3) is 4.53. The largest absolute Gasteiger partial charge is 0.550 e. The van der Waals surface area contributed by atoms with Gasteiger partial charge in [-0.1, -0.05) is 77.8 Å². The highest BCUT2D eigenvalue weighted by molar-refractivity contribution is 6.35. The first-order valence-electron chi connectivity index (χ1n) is 9.70. The van der Waals surface area contributed by atoms with Crippen molar-refractivity contribution >= 4 is 35.3 Å². The topological polar surface area (TPSA) is 78.5 Å². The van der Waals surface area contributed by atoms with Crippen LogP contribution in [0, 0.1) is 0 Å². The number of carbonyl (C=O) groups is 2. The number of halogens is 2. The minimum Gasteiger partial charge on any atom is -0.550 e. The Morgan fingerprint density at radius 1 is 0.968 bits per heavy atom. The molecule has 1 aliphatic carbocycles. The van der Waals surface area contributed by atoms with Gasteiger partial charge in [-0.05, 0) is 39.9 Å². The first-order chi connectivity index (χ1) is 14.9. The number of benzene rings is 3. The average molecular weight is 455 g/mol. The van der Waals surface area contributed by atoms with Gasteiger partial charge in [0.2, 0.25) is 0 Å². The van der Waals surface area contributed by atoms with Crippen molar-refractivity contribution in [3.05, 3.63) is 93.5 Å². The smallest absolute Gasteiger partial charge is 0.407 e. The molecule has 1 atom stereocenters. The van der Waals surface area contributed by atoms with Crippen molar-refractivity contribution < 1.29 is 19.4 Å². The predicted molar refractivity (Wildman–Crippen MR) is 117 cm³/mol. The monoisotopic (exact) mass is 454 g/mol. The lowest BCUT2D eigenvalue weighted by molar-refractivity contribution is -0.306. The van der Waals surface area contributed by atoms with Gasteiger partial charge in [0.05, 0.1) is 6.04 Å². The Morgan fingerprint density at radius 3 is 2.16 bits per heavy atom. The van der Waals surface area contributed by atoms with Gasteiger partial charge in [-0.15, -0.1) is 0 Å². The van der Waals surface area contributed by atoms with E-state index >= 15 is 0 Å². The number of ether oxygens (including phenoxy) is 1. The van der Waals surface area contributed by atoms with Crippen molar-refractivity contribution in [2.24, 2.45) is 0 Å². The van der Waals surface area contributed by atoms with Crippen LogP contribution in [-0.4, -0.2) is 18.7 Å². The predicted octanol–water partition coefficient (Wildman–Crippen LogP) is 4.71. The van der Waals surface area contributed by atoms with Gasteiger partial charge >= 0.3 is 6.09 Å². The van der Waals surface area contributed by atoms with E-state index in [2.05, 4.69) is 5.32 Å². The number of carboxylic acids is 1. The summed E-state index contributed by atoms with van der Waals surface area (Å²) in [4.78, 5) is 23.8. The standard InChI is InChI=1S/C24H19Cl2NO4/c25-14-9-10-19(21(26)11-14)22(12-23(28)29)27-24(30)31-13-20-17-7-3-1-5-15(17)16-6-2-4-8-18(16)20/h1-11,20,22H,12-13H2,(H,27,30)(H,28,29)/p-1/t22-/m1/s1. The van der Waals surface area contributed by atoms with Crippen molar-refractivity contribution in [2.75, 3.05) is 6.61 Å². The molecule has 0 spiro atoms. The summed E-state index contributed by atoms with van der Waals surface area (Å²) in [5, 5.41) is 14.5. The Hall–Kier alpha value is -3.02. The first kappa shape index (κ1) is 21.2. The summed E-state index contributed by atoms with van der Waals surface area (Å²) >= 11 is 12.1. The van der Waals surface area contributed by atoms with Crippen LogP contribution in [-0.2, 0) is 9.53 Å². The van der Waals surface area contributed by atoms with Gasteiger partial charge in [0.15, 0.2) is 0 Å². The maximum Gasteiger partial charge on any atom is 0.407 e. The number of alkyl carbamates (subject to hydrolysis) is 1. The number of carboxylic acid groups (broad SMARTS) is 1. The van der Waals surface area contributed by atoms with E-state index in [0.29, 0.717) is 10.6 Å². The number of nitrogens with one attached hydrogen (secondary N) is 1. The fourth-order valence-electron chi connectivity index (χ4n) is 3.97. The van der Waals surface area contributed by atoms with Crippen LogP contribution in [0.4, 0.5) is 4.79 Å². The summed E-state index contributed by atoms with van der Waals surface area (Å²) in [6, 6.07) is 19.7. The van der Waals surface area contributed by atoms with Crippen molar-refractivity contribution in [1.82, 2.24) is 5.32 Å². The summed E-state index contributed by atoms with van der Waals surface area (Å²) in [5.74, 6) is -1.42. The number of hydrogen-bond acceptors (Lipinski definition) is 4. The minimum absolute atomic E-state index is 0.100. The minimum atomic E-state index is -1.32. The first-order valence-corrected chi connectivity index (χ1v) is 10.5. The molecule has 3 aromatic carbocycles. The fourth-order valence-corrected chi connectivity index (χ4v) is 4.51. The molecular weight excluding hydrogens is 437 g/mol. The van der Waals surface area contributed by atoms with Crippen LogP contribution < -0.4 is 10.4 Å². The van der Waals surface area contributed by atoms with Crippen LogP contribution in [0.15, 0.2) is 66.7 Å². The Balaban J connectivity index is 1.50. The number of amides is 1. The molecule has 0 aromatic heterocycles. The molecule has 158 valence electrons. The molecule has 0 aliphatic heterocycles. The van der Waals surface area contributed by atoms with Gasteiger partial charge in [0, 0.05) is 28.4 Å². The highest BCUT2D eigenvalue weighted by Gasteiger charge is 2.29. The van der Waals surface area contributed by atoms with Gasteiger partial charge in [-0.3, -0.25) is 0 Å². The molecule has 0 heterocycles. The molecule has 0 radical (unpaired) electrons. The summed E-state index contributed by atoms with van der Waals surface area (Å²) < 4.78 is 5.50. The van der Waals surface area contributed by atoms with E-state index in [9.17, 15) is 14.7 Å². The van der Waals surface area contributed by atoms with Gasteiger partial charge in [-0.25, -0.2) is 4.79 Å². The van der Waals surface area contributed by atoms with Crippen molar-refractivity contribution in [2.45, 2.75) is 18.4 Å². The highest BCUT2D eigenvalue weighted by atomic mass is 35.5. The van der Waals surface area contributed by atoms with Crippen molar-refractivity contribution in [3.63, 3.8) is 0 Å². The molecule has 5 nitrogen and oxygen atoms in total. The molecule has 0 saturated heterocycles. The quantitative estimate of drug-likeness (QED) is 0.584.